The van der Waals surface area contributed by atoms with Crippen molar-refractivity contribution in [2.24, 2.45) is 23.7 Å². The monoisotopic (exact) mass is 326 g/mol. The van der Waals surface area contributed by atoms with E-state index in [0.717, 1.165) is 16.9 Å². The Hall–Kier alpha value is -2.63. The summed E-state index contributed by atoms with van der Waals surface area (Å²) in [6, 6.07) is 4.89. The van der Waals surface area contributed by atoms with Gasteiger partial charge in [-0.1, -0.05) is 18.2 Å². The number of nitrogens with zero attached hydrogens (tertiary/aromatic N) is 1. The van der Waals surface area contributed by atoms with Crippen LogP contribution < -0.4 is 5.32 Å². The first-order chi connectivity index (χ1) is 11.5. The third kappa shape index (κ3) is 2.13. The second kappa shape index (κ2) is 5.19. The number of phenols is 1. The number of rotatable bonds is 3. The van der Waals surface area contributed by atoms with Gasteiger partial charge in [0.2, 0.25) is 17.7 Å². The molecule has 1 aliphatic heterocycles. The van der Waals surface area contributed by atoms with Gasteiger partial charge in [-0.15, -0.1) is 0 Å². The van der Waals surface area contributed by atoms with Gasteiger partial charge in [-0.25, -0.2) is 0 Å². The average molecular weight is 326 g/mol. The maximum Gasteiger partial charge on any atom is 0.244 e. The molecule has 1 aromatic carbocycles. The molecule has 4 atom stereocenters. The number of hydrogen-bond donors (Lipinski definition) is 2. The molecule has 1 aromatic rings. The summed E-state index contributed by atoms with van der Waals surface area (Å²) in [5, 5.41) is 12.4. The molecule has 2 N–H and O–H groups in total. The Morgan fingerprint density at radius 1 is 1.21 bits per heavy atom. The molecule has 124 valence electrons. The van der Waals surface area contributed by atoms with Crippen molar-refractivity contribution < 1.29 is 19.5 Å². The molecule has 1 saturated carbocycles. The Kier molecular flexibility index (Phi) is 3.23. The number of carbonyl (C=O) groups excluding carboxylic acids is 3. The molecular weight excluding hydrogens is 308 g/mol. The van der Waals surface area contributed by atoms with Gasteiger partial charge in [-0.3, -0.25) is 19.3 Å². The Morgan fingerprint density at radius 3 is 2.42 bits per heavy atom. The van der Waals surface area contributed by atoms with Gasteiger partial charge in [0, 0.05) is 0 Å². The van der Waals surface area contributed by atoms with Crippen molar-refractivity contribution in [3.8, 4) is 5.75 Å². The molecule has 0 radical (unpaired) electrons. The molecule has 3 amide bonds. The summed E-state index contributed by atoms with van der Waals surface area (Å²) >= 11 is 0. The van der Waals surface area contributed by atoms with E-state index in [-0.39, 0.29) is 53.5 Å². The second-order valence-corrected chi connectivity index (χ2v) is 6.83. The molecule has 2 fully saturated rings. The number of nitrogens with one attached hydrogen (secondary N) is 1. The lowest BCUT2D eigenvalue weighted by molar-refractivity contribution is -0.143. The van der Waals surface area contributed by atoms with Gasteiger partial charge in [0.25, 0.3) is 0 Å². The molecule has 0 aromatic heterocycles. The maximum atomic E-state index is 12.5. The van der Waals surface area contributed by atoms with E-state index in [4.69, 9.17) is 0 Å². The van der Waals surface area contributed by atoms with Crippen LogP contribution in [0.3, 0.4) is 0 Å². The molecular formula is C18H18N2O4. The lowest BCUT2D eigenvalue weighted by Gasteiger charge is -2.17. The van der Waals surface area contributed by atoms with Crippen LogP contribution >= 0.6 is 0 Å². The van der Waals surface area contributed by atoms with E-state index in [2.05, 4.69) is 5.32 Å². The topological polar surface area (TPSA) is 86.7 Å². The number of allylic oxidation sites excluding steroid dienone is 2. The van der Waals surface area contributed by atoms with Crippen molar-refractivity contribution in [3.05, 3.63) is 35.9 Å². The van der Waals surface area contributed by atoms with Crippen molar-refractivity contribution in [1.29, 1.82) is 0 Å². The van der Waals surface area contributed by atoms with Gasteiger partial charge in [-0.05, 0) is 42.9 Å². The Bertz CT molecular complexity index is 755. The standard InChI is InChI=1S/C18H18N2O4/c1-9-2-5-12(13(21)6-9)19-14(22)8-20-17(23)15-10-3-4-11(7-10)16(15)18(20)24/h2-6,10-11,15-16,21H,7-8H2,1H3,(H,19,22). The van der Waals surface area contributed by atoms with Gasteiger partial charge in [0.15, 0.2) is 0 Å². The van der Waals surface area contributed by atoms with Gasteiger partial charge >= 0.3 is 0 Å². The van der Waals surface area contributed by atoms with Crippen LogP contribution in [0.4, 0.5) is 5.69 Å². The van der Waals surface area contributed by atoms with E-state index in [1.807, 2.05) is 19.1 Å². The number of likely N-dealkylation sites (tertiary alicyclic amines) is 1. The van der Waals surface area contributed by atoms with Crippen LogP contribution in [0.5, 0.6) is 5.75 Å². The molecule has 4 rings (SSSR count). The average Bonchev–Trinajstić information content (AvgIpc) is 3.20. The number of hydrogen-bond acceptors (Lipinski definition) is 4. The van der Waals surface area contributed by atoms with E-state index < -0.39 is 5.91 Å². The molecule has 2 bridgehead atoms. The SMILES string of the molecule is Cc1ccc(NC(=O)CN2C(=O)C3C4C=CC(C4)C3C2=O)c(O)c1. The van der Waals surface area contributed by atoms with E-state index >= 15 is 0 Å². The molecule has 4 unspecified atom stereocenters. The lowest BCUT2D eigenvalue weighted by atomic mass is 9.85. The van der Waals surface area contributed by atoms with Crippen LogP contribution in [0, 0.1) is 30.6 Å². The number of anilines is 1. The Balaban J connectivity index is 1.47. The van der Waals surface area contributed by atoms with Crippen LogP contribution in [0.1, 0.15) is 12.0 Å². The van der Waals surface area contributed by atoms with Crippen LogP contribution in [0.15, 0.2) is 30.4 Å². The first-order valence-corrected chi connectivity index (χ1v) is 8.08. The van der Waals surface area contributed by atoms with Crippen molar-refractivity contribution in [3.63, 3.8) is 0 Å². The molecule has 24 heavy (non-hydrogen) atoms. The molecule has 1 heterocycles. The van der Waals surface area contributed by atoms with E-state index in [1.54, 1.807) is 12.1 Å². The van der Waals surface area contributed by atoms with Crippen molar-refractivity contribution in [2.75, 3.05) is 11.9 Å². The van der Waals surface area contributed by atoms with E-state index in [0.29, 0.717) is 0 Å². The normalized spacial score (nSPS) is 30.1. The summed E-state index contributed by atoms with van der Waals surface area (Å²) in [4.78, 5) is 38.3. The van der Waals surface area contributed by atoms with Crippen molar-refractivity contribution in [2.45, 2.75) is 13.3 Å². The number of aryl methyl sites for hydroxylation is 1. The highest BCUT2D eigenvalue weighted by Crippen LogP contribution is 2.52. The summed E-state index contributed by atoms with van der Waals surface area (Å²) in [5.74, 6) is -1.36. The number of amides is 3. The molecule has 2 aliphatic carbocycles. The number of benzene rings is 1. The number of aromatic hydroxyl groups is 1. The van der Waals surface area contributed by atoms with Crippen LogP contribution in [0.25, 0.3) is 0 Å². The molecule has 1 saturated heterocycles. The molecule has 6 nitrogen and oxygen atoms in total. The highest BCUT2D eigenvalue weighted by Gasteiger charge is 2.59. The summed E-state index contributed by atoms with van der Waals surface area (Å²) in [6.45, 7) is 1.52. The van der Waals surface area contributed by atoms with E-state index in [1.165, 1.54) is 6.07 Å². The zero-order valence-corrected chi connectivity index (χ0v) is 13.2. The molecule has 3 aliphatic rings. The summed E-state index contributed by atoms with van der Waals surface area (Å²) in [5.41, 5.74) is 1.14. The lowest BCUT2D eigenvalue weighted by Crippen LogP contribution is -2.39. The summed E-state index contributed by atoms with van der Waals surface area (Å²) in [6.07, 6.45) is 4.90. The number of carbonyl (C=O) groups is 3. The van der Waals surface area contributed by atoms with Gasteiger partial charge < -0.3 is 10.4 Å². The zero-order valence-electron chi connectivity index (χ0n) is 13.2. The third-order valence-corrected chi connectivity index (χ3v) is 5.29. The predicted molar refractivity (Wildman–Crippen MR) is 85.9 cm³/mol. The Labute approximate surface area is 139 Å². The molecule has 6 heteroatoms. The minimum absolute atomic E-state index is 0.0402. The van der Waals surface area contributed by atoms with Crippen LogP contribution in [-0.4, -0.2) is 34.3 Å². The van der Waals surface area contributed by atoms with Gasteiger partial charge in [-0.2, -0.15) is 0 Å². The number of fused-ring (bicyclic) bond motifs is 5. The molecule has 0 spiro atoms. The first-order valence-electron chi connectivity index (χ1n) is 8.08. The van der Waals surface area contributed by atoms with Crippen LogP contribution in [0.2, 0.25) is 0 Å². The smallest absolute Gasteiger partial charge is 0.244 e. The summed E-state index contributed by atoms with van der Waals surface area (Å²) < 4.78 is 0. The highest BCUT2D eigenvalue weighted by molar-refractivity contribution is 6.09. The zero-order chi connectivity index (χ0) is 17.0. The summed E-state index contributed by atoms with van der Waals surface area (Å²) in [7, 11) is 0. The fourth-order valence-electron chi connectivity index (χ4n) is 4.20. The van der Waals surface area contributed by atoms with Crippen molar-refractivity contribution >= 4 is 23.4 Å². The van der Waals surface area contributed by atoms with Gasteiger partial charge in [0.05, 0.1) is 17.5 Å². The predicted octanol–water partition coefficient (Wildman–Crippen LogP) is 1.45. The van der Waals surface area contributed by atoms with Gasteiger partial charge in [0.1, 0.15) is 12.3 Å². The minimum Gasteiger partial charge on any atom is -0.506 e. The minimum atomic E-state index is -0.490. The second-order valence-electron chi connectivity index (χ2n) is 6.83. The fourth-order valence-corrected chi connectivity index (χ4v) is 4.20. The quantitative estimate of drug-likeness (QED) is 0.500. The largest absolute Gasteiger partial charge is 0.506 e. The first kappa shape index (κ1) is 14.9. The maximum absolute atomic E-state index is 12.5. The Morgan fingerprint density at radius 2 is 1.83 bits per heavy atom. The highest BCUT2D eigenvalue weighted by atomic mass is 16.3. The fraction of sp³-hybridized carbons (Fsp3) is 0.389. The number of imide groups is 1. The van der Waals surface area contributed by atoms with Crippen LogP contribution in [-0.2, 0) is 14.4 Å². The third-order valence-electron chi connectivity index (χ3n) is 5.29. The van der Waals surface area contributed by atoms with E-state index in [9.17, 15) is 19.5 Å². The number of phenolic OH excluding ortho intramolecular Hbond substituents is 1. The van der Waals surface area contributed by atoms with Crippen molar-refractivity contribution in [1.82, 2.24) is 4.90 Å².